The highest BCUT2D eigenvalue weighted by atomic mass is 16.6. The highest BCUT2D eigenvalue weighted by molar-refractivity contribution is 5.71. The van der Waals surface area contributed by atoms with Gasteiger partial charge in [-0.1, -0.05) is 297 Å². The monoisotopic (exact) mass is 1040 g/mol. The molecule has 0 heterocycles. The molecule has 0 aliphatic rings. The van der Waals surface area contributed by atoms with Crippen LogP contribution >= 0.6 is 0 Å². The standard InChI is InChI=1S/C69H116O6/c1-4-7-10-13-16-19-22-25-27-29-30-31-32-33-34-35-36-37-38-39-40-41-43-44-47-50-53-56-59-62-68(71)74-65-66(64-73-67(70)61-58-55-52-49-46-24-21-18-15-12-9-6-3)75-69(72)63-60-57-54-51-48-45-42-28-26-23-20-17-14-11-8-5-2/h7,10,16,19,25,27,30-31,33-34,36-37,39-40,43-44,50,53,66H,4-6,8-9,11-15,17-18,20-24,26,28-29,32,35,38,41-42,45-49,51-52,54-65H2,1-3H3/b10-7-,19-16-,27-25-,31-30-,34-33-,37-36-,40-39-,44-43-,53-50-. The number of carbonyl (C=O) groups excluding carboxylic acids is 3. The van der Waals surface area contributed by atoms with Crippen LogP contribution in [0.25, 0.3) is 0 Å². The molecule has 0 aromatic rings. The molecule has 1 atom stereocenters. The first-order valence-electron chi connectivity index (χ1n) is 31.4. The van der Waals surface area contributed by atoms with Crippen LogP contribution in [0.1, 0.15) is 290 Å². The van der Waals surface area contributed by atoms with E-state index in [4.69, 9.17) is 14.2 Å². The first-order chi connectivity index (χ1) is 37.0. The van der Waals surface area contributed by atoms with E-state index >= 15 is 0 Å². The van der Waals surface area contributed by atoms with E-state index in [1.165, 1.54) is 141 Å². The van der Waals surface area contributed by atoms with E-state index in [0.717, 1.165) is 103 Å². The van der Waals surface area contributed by atoms with Gasteiger partial charge in [0.1, 0.15) is 13.2 Å². The van der Waals surface area contributed by atoms with Gasteiger partial charge in [0.2, 0.25) is 0 Å². The molecule has 0 radical (unpaired) electrons. The minimum Gasteiger partial charge on any atom is -0.462 e. The van der Waals surface area contributed by atoms with Crippen molar-refractivity contribution in [3.05, 3.63) is 109 Å². The van der Waals surface area contributed by atoms with Crippen molar-refractivity contribution < 1.29 is 28.6 Å². The van der Waals surface area contributed by atoms with Crippen molar-refractivity contribution in [2.45, 2.75) is 297 Å². The molecule has 0 amide bonds. The Morgan fingerprint density at radius 1 is 0.280 bits per heavy atom. The molecule has 0 aliphatic heterocycles. The molecule has 0 aromatic carbocycles. The summed E-state index contributed by atoms with van der Waals surface area (Å²) in [5, 5.41) is 0. The Hall–Kier alpha value is -3.93. The Morgan fingerprint density at radius 2 is 0.520 bits per heavy atom. The average Bonchev–Trinajstić information content (AvgIpc) is 3.41. The summed E-state index contributed by atoms with van der Waals surface area (Å²) in [4.78, 5) is 38.2. The molecule has 0 saturated heterocycles. The smallest absolute Gasteiger partial charge is 0.306 e. The molecule has 0 bridgehead atoms. The molecule has 0 rings (SSSR count). The Balaban J connectivity index is 4.39. The van der Waals surface area contributed by atoms with Crippen molar-refractivity contribution >= 4 is 17.9 Å². The third-order valence-electron chi connectivity index (χ3n) is 13.3. The minimum absolute atomic E-state index is 0.0927. The minimum atomic E-state index is -0.799. The van der Waals surface area contributed by atoms with Crippen LogP contribution < -0.4 is 0 Å². The zero-order chi connectivity index (χ0) is 54.3. The first-order valence-corrected chi connectivity index (χ1v) is 31.4. The van der Waals surface area contributed by atoms with Gasteiger partial charge < -0.3 is 14.2 Å². The number of rotatable bonds is 56. The van der Waals surface area contributed by atoms with Gasteiger partial charge in [-0.15, -0.1) is 0 Å². The van der Waals surface area contributed by atoms with Crippen molar-refractivity contribution in [3.8, 4) is 0 Å². The fraction of sp³-hybridized carbons (Fsp3) is 0.696. The van der Waals surface area contributed by atoms with Crippen LogP contribution in [0.4, 0.5) is 0 Å². The summed E-state index contributed by atoms with van der Waals surface area (Å²) < 4.78 is 16.8. The van der Waals surface area contributed by atoms with E-state index in [9.17, 15) is 14.4 Å². The van der Waals surface area contributed by atoms with E-state index in [0.29, 0.717) is 19.3 Å². The van der Waals surface area contributed by atoms with E-state index < -0.39 is 6.10 Å². The van der Waals surface area contributed by atoms with Crippen LogP contribution in [0.3, 0.4) is 0 Å². The van der Waals surface area contributed by atoms with Crippen molar-refractivity contribution in [1.82, 2.24) is 0 Å². The van der Waals surface area contributed by atoms with E-state index in [1.54, 1.807) is 0 Å². The summed E-state index contributed by atoms with van der Waals surface area (Å²) >= 11 is 0. The van der Waals surface area contributed by atoms with Gasteiger partial charge >= 0.3 is 17.9 Å². The lowest BCUT2D eigenvalue weighted by atomic mass is 10.0. The molecule has 428 valence electrons. The number of hydrogen-bond acceptors (Lipinski definition) is 6. The van der Waals surface area contributed by atoms with E-state index in [1.807, 2.05) is 0 Å². The Morgan fingerprint density at radius 3 is 0.813 bits per heavy atom. The topological polar surface area (TPSA) is 78.9 Å². The normalized spacial score (nSPS) is 12.8. The first kappa shape index (κ1) is 71.1. The maximum atomic E-state index is 12.9. The van der Waals surface area contributed by atoms with Crippen LogP contribution in [0.15, 0.2) is 109 Å². The van der Waals surface area contributed by atoms with Gasteiger partial charge in [0.15, 0.2) is 6.10 Å². The van der Waals surface area contributed by atoms with Gasteiger partial charge in [0.05, 0.1) is 0 Å². The third kappa shape index (κ3) is 60.8. The summed E-state index contributed by atoms with van der Waals surface area (Å²) in [5.74, 6) is -0.947. The number of allylic oxidation sites excluding steroid dienone is 18. The van der Waals surface area contributed by atoms with Gasteiger partial charge in [-0.05, 0) is 83.5 Å². The lowest BCUT2D eigenvalue weighted by Crippen LogP contribution is -2.30. The second kappa shape index (κ2) is 62.6. The van der Waals surface area contributed by atoms with Crippen LogP contribution in [0, 0.1) is 0 Å². The summed E-state index contributed by atoms with van der Waals surface area (Å²) in [5.41, 5.74) is 0. The van der Waals surface area contributed by atoms with Crippen LogP contribution in [-0.2, 0) is 28.6 Å². The average molecular weight is 1040 g/mol. The number of ether oxygens (including phenoxy) is 3. The van der Waals surface area contributed by atoms with Crippen LogP contribution in [0.2, 0.25) is 0 Å². The van der Waals surface area contributed by atoms with E-state index in [-0.39, 0.29) is 37.5 Å². The van der Waals surface area contributed by atoms with Crippen molar-refractivity contribution in [3.63, 3.8) is 0 Å². The summed E-state index contributed by atoms with van der Waals surface area (Å²) in [6, 6.07) is 0. The second-order valence-electron chi connectivity index (χ2n) is 20.6. The highest BCUT2D eigenvalue weighted by Gasteiger charge is 2.19. The molecule has 75 heavy (non-hydrogen) atoms. The van der Waals surface area contributed by atoms with Gasteiger partial charge in [-0.2, -0.15) is 0 Å². The van der Waals surface area contributed by atoms with Crippen LogP contribution in [-0.4, -0.2) is 37.2 Å². The summed E-state index contributed by atoms with van der Waals surface area (Å²) in [6.45, 7) is 6.50. The second-order valence-corrected chi connectivity index (χ2v) is 20.6. The predicted molar refractivity (Wildman–Crippen MR) is 325 cm³/mol. The Kier molecular flexibility index (Phi) is 59.3. The third-order valence-corrected chi connectivity index (χ3v) is 13.3. The molecule has 6 heteroatoms. The summed E-state index contributed by atoms with van der Waals surface area (Å²) in [6.07, 6.45) is 85.2. The van der Waals surface area contributed by atoms with Gasteiger partial charge in [-0.25, -0.2) is 0 Å². The fourth-order valence-electron chi connectivity index (χ4n) is 8.62. The van der Waals surface area contributed by atoms with Crippen molar-refractivity contribution in [2.75, 3.05) is 13.2 Å². The molecular formula is C69H116O6. The van der Waals surface area contributed by atoms with Crippen molar-refractivity contribution in [1.29, 1.82) is 0 Å². The Bertz CT molecular complexity index is 1520. The lowest BCUT2D eigenvalue weighted by Gasteiger charge is -2.18. The number of unbranched alkanes of at least 4 members (excludes halogenated alkanes) is 27. The SMILES string of the molecule is CC/C=C\C/C=C\C/C=C\C/C=C\C/C=C\C/C=C\C/C=C\C/C=C\C/C=C\CCCC(=O)OCC(COC(=O)CCCCCCCCCCCCCC)OC(=O)CCCCCCCCCCCCCCCCCC. The quantitative estimate of drug-likeness (QED) is 0.0261. The molecule has 6 nitrogen and oxygen atoms in total. The highest BCUT2D eigenvalue weighted by Crippen LogP contribution is 2.16. The molecule has 0 N–H and O–H groups in total. The molecule has 0 fully saturated rings. The molecule has 0 spiro atoms. The molecule has 0 aliphatic carbocycles. The fourth-order valence-corrected chi connectivity index (χ4v) is 8.62. The zero-order valence-electron chi connectivity index (χ0n) is 49.0. The number of hydrogen-bond donors (Lipinski definition) is 0. The number of esters is 3. The van der Waals surface area contributed by atoms with Crippen molar-refractivity contribution in [2.24, 2.45) is 0 Å². The van der Waals surface area contributed by atoms with Crippen LogP contribution in [0.5, 0.6) is 0 Å². The lowest BCUT2D eigenvalue weighted by molar-refractivity contribution is -0.167. The summed E-state index contributed by atoms with van der Waals surface area (Å²) in [7, 11) is 0. The van der Waals surface area contributed by atoms with E-state index in [2.05, 4.69) is 130 Å². The largest absolute Gasteiger partial charge is 0.462 e. The van der Waals surface area contributed by atoms with Gasteiger partial charge in [-0.3, -0.25) is 14.4 Å². The molecule has 1 unspecified atom stereocenters. The maximum absolute atomic E-state index is 12.9. The molecule has 0 saturated carbocycles. The Labute approximate surface area is 463 Å². The molecule has 0 aromatic heterocycles. The zero-order valence-corrected chi connectivity index (χ0v) is 49.0. The molecular weight excluding hydrogens is 925 g/mol. The predicted octanol–water partition coefficient (Wildman–Crippen LogP) is 21.4. The number of carbonyl (C=O) groups is 3. The van der Waals surface area contributed by atoms with Gasteiger partial charge in [0.25, 0.3) is 0 Å². The maximum Gasteiger partial charge on any atom is 0.306 e. The van der Waals surface area contributed by atoms with Gasteiger partial charge in [0, 0.05) is 19.3 Å².